The molecule has 1 aliphatic heterocycles. The maximum atomic E-state index is 11.4. The number of amides is 2. The molecule has 1 saturated heterocycles. The number of esters is 1. The Balaban J connectivity index is 2.25. The van der Waals surface area contributed by atoms with Crippen LogP contribution in [-0.2, 0) is 19.1 Å². The summed E-state index contributed by atoms with van der Waals surface area (Å²) in [6.07, 6.45) is 1.46. The van der Waals surface area contributed by atoms with Crippen molar-refractivity contribution in [2.45, 2.75) is 19.8 Å². The van der Waals surface area contributed by atoms with Gasteiger partial charge in [0.1, 0.15) is 0 Å². The molecular weight excluding hydrogens is 238 g/mol. The molecule has 0 aromatic heterocycles. The second-order valence-corrected chi connectivity index (χ2v) is 4.45. The summed E-state index contributed by atoms with van der Waals surface area (Å²) in [5.74, 6) is -0.742. The Labute approximate surface area is 106 Å². The molecule has 1 heterocycles. The van der Waals surface area contributed by atoms with E-state index in [0.29, 0.717) is 6.54 Å². The van der Waals surface area contributed by atoms with Crippen molar-refractivity contribution < 1.29 is 24.0 Å². The topological polar surface area (TPSA) is 88.9 Å². The van der Waals surface area contributed by atoms with E-state index in [2.05, 4.69) is 10.9 Å². The van der Waals surface area contributed by atoms with Gasteiger partial charge in [-0.15, -0.1) is 0 Å². The summed E-state index contributed by atoms with van der Waals surface area (Å²) >= 11 is 0. The Morgan fingerprint density at radius 3 is 2.33 bits per heavy atom. The third kappa shape index (κ3) is 4.70. The van der Waals surface area contributed by atoms with E-state index in [9.17, 15) is 14.4 Å². The second kappa shape index (κ2) is 6.95. The molecule has 0 aromatic carbocycles. The van der Waals surface area contributed by atoms with Crippen LogP contribution in [0, 0.1) is 5.92 Å². The molecule has 0 saturated carbocycles. The summed E-state index contributed by atoms with van der Waals surface area (Å²) in [6.45, 7) is 3.14. The summed E-state index contributed by atoms with van der Waals surface area (Å²) in [4.78, 5) is 34.5. The van der Waals surface area contributed by atoms with E-state index in [-0.39, 0.29) is 23.7 Å². The number of quaternary nitrogens is 1. The number of ether oxygens (including phenoxy) is 1. The molecule has 102 valence electrons. The second-order valence-electron chi connectivity index (χ2n) is 4.45. The highest BCUT2D eigenvalue weighted by molar-refractivity contribution is 5.81. The third-order valence-electron chi connectivity index (χ3n) is 3.02. The molecule has 7 nitrogen and oxygen atoms in total. The van der Waals surface area contributed by atoms with E-state index >= 15 is 0 Å². The first-order valence-electron chi connectivity index (χ1n) is 5.99. The van der Waals surface area contributed by atoms with Crippen molar-refractivity contribution in [3.63, 3.8) is 0 Å². The molecule has 0 unspecified atom stereocenters. The number of hydrogen-bond donors (Lipinski definition) is 3. The predicted octanol–water partition coefficient (Wildman–Crippen LogP) is -2.38. The zero-order valence-electron chi connectivity index (χ0n) is 10.7. The van der Waals surface area contributed by atoms with Crippen LogP contribution in [0.5, 0.6) is 0 Å². The van der Waals surface area contributed by atoms with Crippen LogP contribution in [-0.4, -0.2) is 44.5 Å². The van der Waals surface area contributed by atoms with Crippen molar-refractivity contribution >= 4 is 17.8 Å². The van der Waals surface area contributed by atoms with Crippen molar-refractivity contribution in [2.24, 2.45) is 5.92 Å². The fraction of sp³-hybridized carbons (Fsp3) is 0.727. The Hall–Kier alpha value is -1.63. The molecule has 0 radical (unpaired) electrons. The Morgan fingerprint density at radius 1 is 1.22 bits per heavy atom. The van der Waals surface area contributed by atoms with Gasteiger partial charge in [0.15, 0.2) is 6.54 Å². The minimum Gasteiger partial charge on any atom is -0.469 e. The number of nitrogens with one attached hydrogen (secondary N) is 3. The number of likely N-dealkylation sites (tertiary alicyclic amines) is 1. The van der Waals surface area contributed by atoms with Gasteiger partial charge in [0.25, 0.3) is 5.91 Å². The number of methoxy groups -OCH3 is 1. The fourth-order valence-electron chi connectivity index (χ4n) is 2.03. The Morgan fingerprint density at radius 2 is 1.83 bits per heavy atom. The number of hydrazine groups is 1. The van der Waals surface area contributed by atoms with Crippen molar-refractivity contribution in [2.75, 3.05) is 26.7 Å². The number of piperidine rings is 1. The van der Waals surface area contributed by atoms with E-state index in [0.717, 1.165) is 30.8 Å². The number of carbonyl (C=O) groups is 3. The summed E-state index contributed by atoms with van der Waals surface area (Å²) in [7, 11) is 1.39. The molecule has 18 heavy (non-hydrogen) atoms. The standard InChI is InChI=1S/C11H19N3O4/c1-8(15)12-13-10(16)7-14-5-3-9(4-6-14)11(17)18-2/h9H,3-7H2,1-2H3,(H,12,15)(H,13,16)/p+1. The van der Waals surface area contributed by atoms with Crippen LogP contribution in [0.2, 0.25) is 0 Å². The van der Waals surface area contributed by atoms with Gasteiger partial charge >= 0.3 is 5.97 Å². The fourth-order valence-corrected chi connectivity index (χ4v) is 2.03. The van der Waals surface area contributed by atoms with Crippen LogP contribution >= 0.6 is 0 Å². The van der Waals surface area contributed by atoms with Crippen LogP contribution in [0.15, 0.2) is 0 Å². The van der Waals surface area contributed by atoms with Gasteiger partial charge in [-0.05, 0) is 0 Å². The normalized spacial score (nSPS) is 23.0. The van der Waals surface area contributed by atoms with E-state index in [1.165, 1.54) is 14.0 Å². The highest BCUT2D eigenvalue weighted by Gasteiger charge is 2.28. The molecule has 0 spiro atoms. The van der Waals surface area contributed by atoms with Gasteiger partial charge in [0.2, 0.25) is 5.91 Å². The van der Waals surface area contributed by atoms with Crippen LogP contribution in [0.25, 0.3) is 0 Å². The number of hydrogen-bond acceptors (Lipinski definition) is 4. The SMILES string of the molecule is COC(=O)C1CC[NH+](CC(=O)NNC(C)=O)CC1. The lowest BCUT2D eigenvalue weighted by molar-refractivity contribution is -0.897. The van der Waals surface area contributed by atoms with E-state index in [1.54, 1.807) is 0 Å². The zero-order valence-corrected chi connectivity index (χ0v) is 10.7. The monoisotopic (exact) mass is 258 g/mol. The zero-order chi connectivity index (χ0) is 13.5. The molecular formula is C11H20N3O4+. The summed E-state index contributed by atoms with van der Waals surface area (Å²) in [5.41, 5.74) is 4.57. The minimum absolute atomic E-state index is 0.0443. The Kier molecular flexibility index (Phi) is 5.57. The van der Waals surface area contributed by atoms with Gasteiger partial charge in [-0.2, -0.15) is 0 Å². The molecule has 0 aliphatic carbocycles. The molecule has 7 heteroatoms. The molecule has 3 N–H and O–H groups in total. The van der Waals surface area contributed by atoms with Crippen molar-refractivity contribution in [3.05, 3.63) is 0 Å². The maximum absolute atomic E-state index is 11.4. The number of rotatable bonds is 3. The molecule has 0 bridgehead atoms. The molecule has 2 amide bonds. The lowest BCUT2D eigenvalue weighted by atomic mass is 9.97. The largest absolute Gasteiger partial charge is 0.469 e. The lowest BCUT2D eigenvalue weighted by Gasteiger charge is -2.27. The van der Waals surface area contributed by atoms with Crippen molar-refractivity contribution in [3.8, 4) is 0 Å². The number of carbonyl (C=O) groups excluding carboxylic acids is 3. The smallest absolute Gasteiger partial charge is 0.309 e. The van der Waals surface area contributed by atoms with E-state index < -0.39 is 0 Å². The van der Waals surface area contributed by atoms with Gasteiger partial charge < -0.3 is 9.64 Å². The van der Waals surface area contributed by atoms with Crippen molar-refractivity contribution in [1.82, 2.24) is 10.9 Å². The van der Waals surface area contributed by atoms with Gasteiger partial charge in [-0.25, -0.2) is 0 Å². The van der Waals surface area contributed by atoms with E-state index in [4.69, 9.17) is 4.74 Å². The van der Waals surface area contributed by atoms with Crippen molar-refractivity contribution in [1.29, 1.82) is 0 Å². The van der Waals surface area contributed by atoms with Crippen LogP contribution in [0.4, 0.5) is 0 Å². The average Bonchev–Trinajstić information content (AvgIpc) is 2.36. The Bertz CT molecular complexity index is 324. The highest BCUT2D eigenvalue weighted by atomic mass is 16.5. The minimum atomic E-state index is -0.303. The summed E-state index contributed by atoms with van der Waals surface area (Å²) in [5, 5.41) is 0. The lowest BCUT2D eigenvalue weighted by Crippen LogP contribution is -3.14. The highest BCUT2D eigenvalue weighted by Crippen LogP contribution is 2.10. The first-order valence-corrected chi connectivity index (χ1v) is 5.99. The van der Waals surface area contributed by atoms with Crippen LogP contribution < -0.4 is 15.8 Å². The van der Waals surface area contributed by atoms with Gasteiger partial charge in [-0.1, -0.05) is 0 Å². The van der Waals surface area contributed by atoms with E-state index in [1.807, 2.05) is 0 Å². The van der Waals surface area contributed by atoms with Gasteiger partial charge in [0.05, 0.1) is 26.1 Å². The summed E-state index contributed by atoms with van der Waals surface area (Å²) in [6, 6.07) is 0. The first kappa shape index (κ1) is 14.4. The predicted molar refractivity (Wildman–Crippen MR) is 62.3 cm³/mol. The quantitative estimate of drug-likeness (QED) is 0.390. The summed E-state index contributed by atoms with van der Waals surface area (Å²) < 4.78 is 4.70. The van der Waals surface area contributed by atoms with Crippen LogP contribution in [0.1, 0.15) is 19.8 Å². The maximum Gasteiger partial charge on any atom is 0.309 e. The molecule has 0 atom stereocenters. The first-order chi connectivity index (χ1) is 8.52. The van der Waals surface area contributed by atoms with Crippen LogP contribution in [0.3, 0.4) is 0 Å². The average molecular weight is 258 g/mol. The van der Waals surface area contributed by atoms with Gasteiger partial charge in [0, 0.05) is 19.8 Å². The molecule has 0 aromatic rings. The third-order valence-corrected chi connectivity index (χ3v) is 3.02. The molecule has 1 aliphatic rings. The molecule has 1 fully saturated rings. The molecule has 1 rings (SSSR count). The van der Waals surface area contributed by atoms with Gasteiger partial charge in [-0.3, -0.25) is 25.2 Å².